The first-order valence-corrected chi connectivity index (χ1v) is 13.7. The second-order valence-electron chi connectivity index (χ2n) is 11.3. The lowest BCUT2D eigenvalue weighted by Crippen LogP contribution is -2.51. The summed E-state index contributed by atoms with van der Waals surface area (Å²) in [4.78, 5) is 33.4. The van der Waals surface area contributed by atoms with Crippen LogP contribution in [0, 0.1) is 0 Å². The molecule has 0 spiro atoms. The molecular weight excluding hydrogens is 563 g/mol. The maximum atomic E-state index is 13.4. The van der Waals surface area contributed by atoms with Gasteiger partial charge >= 0.3 is 12.3 Å². The molecule has 1 N–H and O–H groups in total. The first-order chi connectivity index (χ1) is 20.3. The molecular formula is C31H32F3N5O4. The third-order valence-corrected chi connectivity index (χ3v) is 6.91. The number of benzene rings is 2. The summed E-state index contributed by atoms with van der Waals surface area (Å²) < 4.78 is 51.6. The summed E-state index contributed by atoms with van der Waals surface area (Å²) in [6.07, 6.45) is -3.25. The molecule has 0 aliphatic carbocycles. The van der Waals surface area contributed by atoms with Crippen LogP contribution < -0.4 is 10.1 Å². The molecule has 0 saturated carbocycles. The van der Waals surface area contributed by atoms with Gasteiger partial charge in [-0.15, -0.1) is 0 Å². The number of alkyl halides is 3. The van der Waals surface area contributed by atoms with E-state index in [0.29, 0.717) is 54.9 Å². The number of amides is 2. The third-order valence-electron chi connectivity index (χ3n) is 6.91. The number of piperazine rings is 1. The van der Waals surface area contributed by atoms with E-state index < -0.39 is 17.3 Å². The highest BCUT2D eigenvalue weighted by Crippen LogP contribution is 2.31. The van der Waals surface area contributed by atoms with Crippen molar-refractivity contribution in [1.82, 2.24) is 19.4 Å². The van der Waals surface area contributed by atoms with Crippen molar-refractivity contribution in [3.8, 4) is 11.6 Å². The first kappa shape index (κ1) is 29.7. The molecule has 1 aliphatic rings. The van der Waals surface area contributed by atoms with Crippen molar-refractivity contribution in [3.05, 3.63) is 78.1 Å². The van der Waals surface area contributed by atoms with Crippen LogP contribution >= 0.6 is 0 Å². The maximum absolute atomic E-state index is 13.4. The fourth-order valence-corrected chi connectivity index (χ4v) is 4.72. The minimum absolute atomic E-state index is 0.122. The highest BCUT2D eigenvalue weighted by molar-refractivity contribution is 5.99. The molecule has 1 saturated heterocycles. The van der Waals surface area contributed by atoms with Crippen LogP contribution in [0.4, 0.5) is 29.3 Å². The van der Waals surface area contributed by atoms with Crippen molar-refractivity contribution >= 4 is 34.3 Å². The number of hydrogen-bond acceptors (Lipinski definition) is 6. The lowest BCUT2D eigenvalue weighted by atomic mass is 10.2. The molecule has 226 valence electrons. The van der Waals surface area contributed by atoms with E-state index in [2.05, 4.69) is 10.3 Å². The monoisotopic (exact) mass is 595 g/mol. The smallest absolute Gasteiger partial charge is 0.416 e. The van der Waals surface area contributed by atoms with Crippen LogP contribution in [-0.4, -0.2) is 63.1 Å². The Morgan fingerprint density at radius 3 is 2.12 bits per heavy atom. The molecule has 2 aromatic heterocycles. The molecule has 9 nitrogen and oxygen atoms in total. The highest BCUT2D eigenvalue weighted by Gasteiger charge is 2.30. The minimum Gasteiger partial charge on any atom is -0.444 e. The molecule has 0 unspecified atom stereocenters. The van der Waals surface area contributed by atoms with Gasteiger partial charge in [0.1, 0.15) is 17.0 Å². The minimum atomic E-state index is -4.39. The lowest BCUT2D eigenvalue weighted by Gasteiger charge is -2.35. The zero-order valence-electron chi connectivity index (χ0n) is 24.2. The number of ether oxygens (including phenoxy) is 2. The predicted molar refractivity (Wildman–Crippen MR) is 156 cm³/mol. The predicted octanol–water partition coefficient (Wildman–Crippen LogP) is 6.82. The standard InChI is InChI=1S/C31H32F3N5O4/c1-30(2,3)43-29(41)39-15-13-38(14-16-39)28(40)26-18-20-17-24(10-11-25(20)37(26)4)42-27-12-9-23(19-35-27)36-22-7-5-21(6-8-22)31(32,33)34/h5-12,17-19,36H,13-16H2,1-4H3. The molecule has 3 heterocycles. The number of fused-ring (bicyclic) bond motifs is 1. The Hall–Kier alpha value is -4.74. The normalized spacial score (nSPS) is 14.1. The number of aryl methyl sites for hydroxylation is 1. The SMILES string of the molecule is Cn1c(C(=O)N2CCN(C(=O)OC(C)(C)C)CC2)cc2cc(Oc3ccc(Nc4ccc(C(F)(F)F)cc4)cn3)ccc21. The number of nitrogens with one attached hydrogen (secondary N) is 1. The van der Waals surface area contributed by atoms with E-state index >= 15 is 0 Å². The van der Waals surface area contributed by atoms with E-state index in [4.69, 9.17) is 9.47 Å². The number of aromatic nitrogens is 2. The van der Waals surface area contributed by atoms with E-state index in [-0.39, 0.29) is 12.0 Å². The van der Waals surface area contributed by atoms with Gasteiger partial charge in [0.25, 0.3) is 5.91 Å². The van der Waals surface area contributed by atoms with Crippen LogP contribution in [-0.2, 0) is 18.0 Å². The van der Waals surface area contributed by atoms with Crippen molar-refractivity contribution in [2.75, 3.05) is 31.5 Å². The zero-order chi connectivity index (χ0) is 30.9. The van der Waals surface area contributed by atoms with Crippen molar-refractivity contribution in [1.29, 1.82) is 0 Å². The Kier molecular flexibility index (Phi) is 7.96. The number of hydrogen-bond donors (Lipinski definition) is 1. The largest absolute Gasteiger partial charge is 0.444 e. The zero-order valence-corrected chi connectivity index (χ0v) is 24.2. The molecule has 4 aromatic rings. The Morgan fingerprint density at radius 1 is 0.860 bits per heavy atom. The van der Waals surface area contributed by atoms with Gasteiger partial charge in [0, 0.05) is 55.9 Å². The van der Waals surface area contributed by atoms with Gasteiger partial charge in [0.2, 0.25) is 5.88 Å². The average Bonchev–Trinajstić information content (AvgIpc) is 3.28. The van der Waals surface area contributed by atoms with E-state index in [0.717, 1.165) is 23.0 Å². The second kappa shape index (κ2) is 11.5. The van der Waals surface area contributed by atoms with Crippen molar-refractivity contribution in [3.63, 3.8) is 0 Å². The summed E-state index contributed by atoms with van der Waals surface area (Å²) in [5.74, 6) is 0.731. The number of anilines is 2. The quantitative estimate of drug-likeness (QED) is 0.272. The maximum Gasteiger partial charge on any atom is 0.416 e. The van der Waals surface area contributed by atoms with Gasteiger partial charge in [-0.2, -0.15) is 13.2 Å². The van der Waals surface area contributed by atoms with E-state index in [9.17, 15) is 22.8 Å². The third kappa shape index (κ3) is 7.02. The number of carbonyl (C=O) groups is 2. The van der Waals surface area contributed by atoms with Gasteiger partial charge in [-0.05, 0) is 75.4 Å². The van der Waals surface area contributed by atoms with Crippen LogP contribution in [0.15, 0.2) is 66.9 Å². The van der Waals surface area contributed by atoms with Crippen LogP contribution in [0.2, 0.25) is 0 Å². The summed E-state index contributed by atoms with van der Waals surface area (Å²) >= 11 is 0. The molecule has 43 heavy (non-hydrogen) atoms. The summed E-state index contributed by atoms with van der Waals surface area (Å²) in [5.41, 5.74) is 1.16. The number of pyridine rings is 1. The van der Waals surface area contributed by atoms with Gasteiger partial charge in [0.15, 0.2) is 0 Å². The molecule has 1 aliphatic heterocycles. The second-order valence-corrected chi connectivity index (χ2v) is 11.3. The van der Waals surface area contributed by atoms with Gasteiger partial charge in [-0.1, -0.05) is 0 Å². The fraction of sp³-hybridized carbons (Fsp3) is 0.323. The highest BCUT2D eigenvalue weighted by atomic mass is 19.4. The molecule has 12 heteroatoms. The van der Waals surface area contributed by atoms with Crippen molar-refractivity contribution in [2.45, 2.75) is 32.5 Å². The Morgan fingerprint density at radius 2 is 1.51 bits per heavy atom. The van der Waals surface area contributed by atoms with E-state index in [1.165, 1.54) is 18.3 Å². The molecule has 2 amide bonds. The summed E-state index contributed by atoms with van der Waals surface area (Å²) in [6, 6.07) is 15.4. The number of halogens is 3. The van der Waals surface area contributed by atoms with Gasteiger partial charge in [0.05, 0.1) is 17.4 Å². The molecule has 5 rings (SSSR count). The fourth-order valence-electron chi connectivity index (χ4n) is 4.72. The molecule has 1 fully saturated rings. The Balaban J connectivity index is 1.21. The molecule has 0 atom stereocenters. The van der Waals surface area contributed by atoms with Crippen molar-refractivity contribution in [2.24, 2.45) is 7.05 Å². The van der Waals surface area contributed by atoms with E-state index in [1.807, 2.05) is 50.6 Å². The summed E-state index contributed by atoms with van der Waals surface area (Å²) in [6.45, 7) is 7.07. The van der Waals surface area contributed by atoms with Gasteiger partial charge in [-0.25, -0.2) is 9.78 Å². The summed E-state index contributed by atoms with van der Waals surface area (Å²) in [5, 5.41) is 3.83. The van der Waals surface area contributed by atoms with Gasteiger partial charge in [-0.3, -0.25) is 4.79 Å². The average molecular weight is 596 g/mol. The van der Waals surface area contributed by atoms with Crippen LogP contribution in [0.25, 0.3) is 10.9 Å². The van der Waals surface area contributed by atoms with Gasteiger partial charge < -0.3 is 29.2 Å². The van der Waals surface area contributed by atoms with Crippen molar-refractivity contribution < 1.29 is 32.2 Å². The van der Waals surface area contributed by atoms with E-state index in [1.54, 1.807) is 28.0 Å². The van der Waals surface area contributed by atoms with Crippen LogP contribution in [0.3, 0.4) is 0 Å². The summed E-state index contributed by atoms with van der Waals surface area (Å²) in [7, 11) is 1.83. The molecule has 0 radical (unpaired) electrons. The number of carbonyl (C=O) groups excluding carboxylic acids is 2. The molecule has 2 aromatic carbocycles. The first-order valence-electron chi connectivity index (χ1n) is 13.7. The lowest BCUT2D eigenvalue weighted by molar-refractivity contribution is -0.137. The molecule has 0 bridgehead atoms. The number of rotatable bonds is 5. The Bertz CT molecular complexity index is 1620. The Labute approximate surface area is 246 Å². The number of nitrogens with zero attached hydrogens (tertiary/aromatic N) is 4. The topological polar surface area (TPSA) is 88.9 Å². The van der Waals surface area contributed by atoms with Crippen LogP contribution in [0.1, 0.15) is 36.8 Å². The van der Waals surface area contributed by atoms with Crippen LogP contribution in [0.5, 0.6) is 11.6 Å².